The average molecular weight is 269 g/mol. The van der Waals surface area contributed by atoms with Gasteiger partial charge in [0, 0.05) is 17.3 Å². The van der Waals surface area contributed by atoms with Gasteiger partial charge in [0.2, 0.25) is 0 Å². The number of hydrogen-bond donors (Lipinski definition) is 1. The van der Waals surface area contributed by atoms with Crippen LogP contribution < -0.4 is 10.1 Å². The molecule has 0 heterocycles. The molecule has 19 heavy (non-hydrogen) atoms. The van der Waals surface area contributed by atoms with Crippen LogP contribution in [0, 0.1) is 6.85 Å². The molecule has 0 aliphatic carbocycles. The molecule has 0 fully saturated rings. The number of para-hydroxylation sites is 1. The fraction of sp³-hybridized carbons (Fsp3) is 0.294. The van der Waals surface area contributed by atoms with Crippen molar-refractivity contribution in [3.05, 3.63) is 65.6 Å². The topological polar surface area (TPSA) is 21.3 Å². The molecule has 1 N–H and O–H groups in total. The Morgan fingerprint density at radius 1 is 1.37 bits per heavy atom. The highest BCUT2D eigenvalue weighted by Gasteiger charge is 2.13. The van der Waals surface area contributed by atoms with Gasteiger partial charge >= 0.3 is 0 Å². The number of benzene rings is 2. The lowest BCUT2D eigenvalue weighted by atomic mass is 10.1. The van der Waals surface area contributed by atoms with Gasteiger partial charge in [-0.2, -0.15) is 0 Å². The standard InChI is InChI=1S/C17H21NO/c1-14-8-6-7-11-16(14)19-17(12-13-18-2)15-9-4-3-5-10-15/h3-11,17-18H,12-13H2,1-2H3/i1D3,2D3,3D,4D,5D,9D,10D,12D2,17D. The second kappa shape index (κ2) is 6.95. The van der Waals surface area contributed by atoms with Gasteiger partial charge < -0.3 is 10.1 Å². The summed E-state index contributed by atoms with van der Waals surface area (Å²) in [7, 11) is 0. The quantitative estimate of drug-likeness (QED) is 0.863. The first kappa shape index (κ1) is 4.35. The van der Waals surface area contributed by atoms with E-state index in [2.05, 4.69) is 0 Å². The number of aryl methyl sites for hydroxylation is 1. The van der Waals surface area contributed by atoms with Crippen molar-refractivity contribution in [1.82, 2.24) is 5.32 Å². The van der Waals surface area contributed by atoms with Gasteiger partial charge in [-0.15, -0.1) is 0 Å². The maximum atomic E-state index is 8.88. The zero-order valence-corrected chi connectivity index (χ0v) is 9.92. The van der Waals surface area contributed by atoms with Gasteiger partial charge in [-0.1, -0.05) is 48.4 Å². The predicted molar refractivity (Wildman–Crippen MR) is 79.5 cm³/mol. The highest BCUT2D eigenvalue weighted by molar-refractivity contribution is 5.33. The Morgan fingerprint density at radius 2 is 2.21 bits per heavy atom. The van der Waals surface area contributed by atoms with Crippen molar-refractivity contribution in [1.29, 1.82) is 0 Å². The minimum absolute atomic E-state index is 0.409. The third kappa shape index (κ3) is 3.83. The van der Waals surface area contributed by atoms with Crippen LogP contribution in [0.2, 0.25) is 0 Å². The number of nitrogens with one attached hydrogen (secondary N) is 1. The first-order valence-electron chi connectivity index (χ1n) is 12.4. The number of rotatable bonds is 6. The summed E-state index contributed by atoms with van der Waals surface area (Å²) >= 11 is 0. The van der Waals surface area contributed by atoms with Crippen molar-refractivity contribution >= 4 is 0 Å². The molecule has 0 amide bonds. The van der Waals surface area contributed by atoms with Gasteiger partial charge in [0.15, 0.2) is 0 Å². The van der Waals surface area contributed by atoms with Gasteiger partial charge in [0.1, 0.15) is 11.8 Å². The molecule has 0 saturated heterocycles. The summed E-state index contributed by atoms with van der Waals surface area (Å²) in [6.45, 7) is -6.63. The SMILES string of the molecule is [2H]c1c([2H])c([2H])c(C([2H])(Oc2ccccc2C([2H])([2H])[2H])C([2H])([2H])CNC([2H])([2H])[2H])c([2H])c1[2H]. The van der Waals surface area contributed by atoms with Crippen molar-refractivity contribution in [2.45, 2.75) is 19.3 Å². The third-order valence-electron chi connectivity index (χ3n) is 2.16. The Balaban J connectivity index is 2.84. The minimum atomic E-state index is -3.15. The molecule has 0 aliphatic rings. The Kier molecular flexibility index (Phi) is 1.59. The summed E-state index contributed by atoms with van der Waals surface area (Å²) in [5.41, 5.74) is -1.32. The Morgan fingerprint density at radius 3 is 3.00 bits per heavy atom. The minimum Gasteiger partial charge on any atom is -0.485 e. The molecule has 0 saturated carbocycles. The number of hydrogen-bond acceptors (Lipinski definition) is 2. The molecule has 2 aromatic carbocycles. The molecule has 0 aliphatic heterocycles. The van der Waals surface area contributed by atoms with Crippen LogP contribution in [0.25, 0.3) is 0 Å². The lowest BCUT2D eigenvalue weighted by Gasteiger charge is -2.20. The van der Waals surface area contributed by atoms with E-state index in [-0.39, 0.29) is 0 Å². The van der Waals surface area contributed by atoms with Gasteiger partial charge in [0.05, 0.1) is 8.22 Å². The van der Waals surface area contributed by atoms with E-state index in [0.717, 1.165) is 12.1 Å². The van der Waals surface area contributed by atoms with Gasteiger partial charge in [-0.05, 0) is 37.6 Å². The lowest BCUT2D eigenvalue weighted by Crippen LogP contribution is -2.16. The molecular weight excluding hydrogens is 234 g/mol. The van der Waals surface area contributed by atoms with E-state index in [0.29, 0.717) is 0 Å². The summed E-state index contributed by atoms with van der Waals surface area (Å²) in [6, 6.07) is 0.595. The van der Waals surface area contributed by atoms with Gasteiger partial charge in [-0.25, -0.2) is 0 Å². The zero-order chi connectivity index (χ0) is 25.6. The second-order valence-corrected chi connectivity index (χ2v) is 3.46. The highest BCUT2D eigenvalue weighted by Crippen LogP contribution is 2.26. The summed E-state index contributed by atoms with van der Waals surface area (Å²) in [6.07, 6.45) is -6.18. The van der Waals surface area contributed by atoms with E-state index in [1.54, 1.807) is 0 Å². The van der Waals surface area contributed by atoms with Crippen LogP contribution in [-0.4, -0.2) is 13.5 Å². The molecule has 100 valence electrons. The molecule has 0 bridgehead atoms. The van der Waals surface area contributed by atoms with Crippen molar-refractivity contribution in [3.63, 3.8) is 0 Å². The Labute approximate surface area is 135 Å². The summed E-state index contributed by atoms with van der Waals surface area (Å²) < 4.78 is 116. The Bertz CT molecular complexity index is 1000. The van der Waals surface area contributed by atoms with Crippen LogP contribution in [0.3, 0.4) is 0 Å². The molecular formula is C17H21NO. The van der Waals surface area contributed by atoms with E-state index in [4.69, 9.17) is 23.9 Å². The monoisotopic (exact) mass is 269 g/mol. The lowest BCUT2D eigenvalue weighted by molar-refractivity contribution is 0.193. The first-order valence-corrected chi connectivity index (χ1v) is 5.44. The normalized spacial score (nSPS) is 26.5. The predicted octanol–water partition coefficient (Wildman–Crippen LogP) is 3.72. The van der Waals surface area contributed by atoms with Crippen LogP contribution in [0.15, 0.2) is 54.5 Å². The molecule has 0 spiro atoms. The average Bonchev–Trinajstić information content (AvgIpc) is 2.68. The van der Waals surface area contributed by atoms with Crippen LogP contribution in [0.1, 0.15) is 42.8 Å². The first-order chi connectivity index (χ1) is 14.8. The van der Waals surface area contributed by atoms with Crippen molar-refractivity contribution < 1.29 is 23.9 Å². The van der Waals surface area contributed by atoms with E-state index in [1.807, 2.05) is 5.32 Å². The van der Waals surface area contributed by atoms with E-state index in [9.17, 15) is 0 Å². The van der Waals surface area contributed by atoms with Gasteiger partial charge in [-0.3, -0.25) is 0 Å². The molecule has 1 unspecified atom stereocenters. The summed E-state index contributed by atoms with van der Waals surface area (Å²) in [5.74, 6) is -0.489. The van der Waals surface area contributed by atoms with E-state index in [1.165, 1.54) is 12.1 Å². The molecule has 2 heteroatoms. The largest absolute Gasteiger partial charge is 0.485 e. The fourth-order valence-corrected chi connectivity index (χ4v) is 1.33. The molecule has 2 aromatic rings. The molecule has 2 nitrogen and oxygen atoms in total. The van der Waals surface area contributed by atoms with Crippen LogP contribution in [0.4, 0.5) is 0 Å². The maximum Gasteiger partial charge on any atom is 0.125 e. The Hall–Kier alpha value is -1.80. The zero-order valence-electron chi connectivity index (χ0n) is 23.9. The van der Waals surface area contributed by atoms with Crippen molar-refractivity contribution in [2.24, 2.45) is 0 Å². The summed E-state index contributed by atoms with van der Waals surface area (Å²) in [4.78, 5) is 0. The van der Waals surface area contributed by atoms with Crippen molar-refractivity contribution in [3.8, 4) is 5.75 Å². The molecule has 1 atom stereocenters. The summed E-state index contributed by atoms with van der Waals surface area (Å²) in [5, 5.41) is 1.91. The van der Waals surface area contributed by atoms with E-state index >= 15 is 0 Å². The van der Waals surface area contributed by atoms with Crippen molar-refractivity contribution in [2.75, 3.05) is 13.5 Å². The third-order valence-corrected chi connectivity index (χ3v) is 2.16. The smallest absolute Gasteiger partial charge is 0.125 e. The van der Waals surface area contributed by atoms with Crippen LogP contribution in [0.5, 0.6) is 5.75 Å². The maximum absolute atomic E-state index is 8.88. The van der Waals surface area contributed by atoms with E-state index < -0.39 is 79.9 Å². The highest BCUT2D eigenvalue weighted by atomic mass is 16.5. The fourth-order valence-electron chi connectivity index (χ4n) is 1.33. The van der Waals surface area contributed by atoms with Crippen LogP contribution in [-0.2, 0) is 0 Å². The molecule has 0 aromatic heterocycles. The second-order valence-electron chi connectivity index (χ2n) is 3.46. The molecule has 0 radical (unpaired) electrons. The molecule has 2 rings (SSSR count). The van der Waals surface area contributed by atoms with Crippen LogP contribution >= 0.6 is 0 Å². The number of ether oxygens (including phenoxy) is 1. The van der Waals surface area contributed by atoms with Gasteiger partial charge in [0.25, 0.3) is 0 Å².